The second-order valence-corrected chi connectivity index (χ2v) is 6.02. The molecule has 0 aliphatic heterocycles. The Kier molecular flexibility index (Phi) is 19.3. The second kappa shape index (κ2) is 15.1. The van der Waals surface area contributed by atoms with Crippen LogP contribution in [-0.4, -0.2) is 0 Å². The molecule has 0 aromatic heterocycles. The average molecular weight is 259 g/mol. The maximum Gasteiger partial charge on any atom is -0.0417 e. The zero-order valence-corrected chi connectivity index (χ0v) is 13.8. The van der Waals surface area contributed by atoms with Gasteiger partial charge >= 0.3 is 0 Å². The van der Waals surface area contributed by atoms with Crippen molar-refractivity contribution in [2.75, 3.05) is 0 Å². The molecule has 0 N–H and O–H groups in total. The van der Waals surface area contributed by atoms with Crippen molar-refractivity contribution in [2.45, 2.75) is 94.9 Å². The van der Waals surface area contributed by atoms with Crippen molar-refractivity contribution in [1.29, 1.82) is 0 Å². The number of rotatable bonds is 8. The molecule has 0 heterocycles. The van der Waals surface area contributed by atoms with Gasteiger partial charge in [0.1, 0.15) is 0 Å². The molecule has 0 aromatic carbocycles. The third kappa shape index (κ3) is 14.1. The Morgan fingerprint density at radius 1 is 0.667 bits per heavy atom. The van der Waals surface area contributed by atoms with Crippen molar-refractivity contribution >= 4 is 0 Å². The van der Waals surface area contributed by atoms with E-state index in [1.165, 1.54) is 32.1 Å². The summed E-state index contributed by atoms with van der Waals surface area (Å²) in [6, 6.07) is 0. The van der Waals surface area contributed by atoms with E-state index in [0.29, 0.717) is 0 Å². The lowest BCUT2D eigenvalue weighted by molar-refractivity contribution is 0.298. The fourth-order valence-corrected chi connectivity index (χ4v) is 1.92. The van der Waals surface area contributed by atoms with Crippen LogP contribution >= 0.6 is 0 Å². The Morgan fingerprint density at radius 2 is 1.06 bits per heavy atom. The first-order valence-corrected chi connectivity index (χ1v) is 7.97. The Morgan fingerprint density at radius 3 is 1.39 bits per heavy atom. The van der Waals surface area contributed by atoms with Crippen molar-refractivity contribution in [3.63, 3.8) is 0 Å². The van der Waals surface area contributed by atoms with Gasteiger partial charge in [-0.05, 0) is 23.7 Å². The molecule has 0 aliphatic rings. The molecule has 0 aromatic rings. The van der Waals surface area contributed by atoms with Crippen LogP contribution in [0.2, 0.25) is 0 Å². The molecule has 0 bridgehead atoms. The molecule has 0 heteroatoms. The highest BCUT2D eigenvalue weighted by molar-refractivity contribution is 4.65. The van der Waals surface area contributed by atoms with Gasteiger partial charge in [0.15, 0.2) is 0 Å². The molecular weight excluding hydrogens is 216 g/mol. The van der Waals surface area contributed by atoms with Gasteiger partial charge in [0.05, 0.1) is 0 Å². The summed E-state index contributed by atoms with van der Waals surface area (Å²) in [6.45, 7) is 18.2. The summed E-state index contributed by atoms with van der Waals surface area (Å²) < 4.78 is 0. The smallest absolute Gasteiger partial charge is 0.0417 e. The molecule has 0 rings (SSSR count). The Bertz CT molecular complexity index is 137. The standard InChI is InChI=1S/C15H32.C2H6.CH4/c1-7-13(4)9-11-15(6)14(5)10-8-12(2)3;1-2;/h12-15H,7-11H2,1-6H3;1-2H3;1H4. The van der Waals surface area contributed by atoms with Crippen molar-refractivity contribution in [2.24, 2.45) is 23.7 Å². The van der Waals surface area contributed by atoms with Crippen LogP contribution in [0.5, 0.6) is 0 Å². The monoisotopic (exact) mass is 258 g/mol. The van der Waals surface area contributed by atoms with Gasteiger partial charge in [0.25, 0.3) is 0 Å². The highest BCUT2D eigenvalue weighted by atomic mass is 14.2. The maximum absolute atomic E-state index is 2.44. The minimum atomic E-state index is 0. The molecule has 0 amide bonds. The molecule has 3 unspecified atom stereocenters. The van der Waals surface area contributed by atoms with Gasteiger partial charge in [0.2, 0.25) is 0 Å². The molecule has 0 spiro atoms. The van der Waals surface area contributed by atoms with Gasteiger partial charge in [-0.25, -0.2) is 0 Å². The third-order valence-electron chi connectivity index (χ3n) is 3.98. The van der Waals surface area contributed by atoms with Gasteiger partial charge in [-0.2, -0.15) is 0 Å². The molecular formula is C18H42. The molecule has 3 atom stereocenters. The molecule has 0 radical (unpaired) electrons. The van der Waals surface area contributed by atoms with E-state index in [-0.39, 0.29) is 7.43 Å². The van der Waals surface area contributed by atoms with E-state index >= 15 is 0 Å². The van der Waals surface area contributed by atoms with Gasteiger partial charge in [-0.3, -0.25) is 0 Å². The summed E-state index contributed by atoms with van der Waals surface area (Å²) >= 11 is 0. The van der Waals surface area contributed by atoms with Crippen LogP contribution in [0.1, 0.15) is 94.9 Å². The van der Waals surface area contributed by atoms with Gasteiger partial charge in [0, 0.05) is 0 Å². The van der Waals surface area contributed by atoms with Crippen molar-refractivity contribution in [3.8, 4) is 0 Å². The van der Waals surface area contributed by atoms with Crippen LogP contribution in [0.3, 0.4) is 0 Å². The van der Waals surface area contributed by atoms with Gasteiger partial charge in [-0.15, -0.1) is 0 Å². The van der Waals surface area contributed by atoms with E-state index in [1.54, 1.807) is 0 Å². The highest BCUT2D eigenvalue weighted by Crippen LogP contribution is 2.25. The first-order valence-electron chi connectivity index (χ1n) is 7.97. The second-order valence-electron chi connectivity index (χ2n) is 6.02. The Labute approximate surface area is 119 Å². The van der Waals surface area contributed by atoms with Crippen LogP contribution in [-0.2, 0) is 0 Å². The topological polar surface area (TPSA) is 0 Å². The summed E-state index contributed by atoms with van der Waals surface area (Å²) in [7, 11) is 0. The van der Waals surface area contributed by atoms with Crippen LogP contribution in [0.4, 0.5) is 0 Å². The minimum Gasteiger partial charge on any atom is -0.0776 e. The predicted octanol–water partition coefficient (Wildman–Crippen LogP) is 7.18. The van der Waals surface area contributed by atoms with E-state index in [0.717, 1.165) is 23.7 Å². The van der Waals surface area contributed by atoms with E-state index in [9.17, 15) is 0 Å². The molecule has 0 fully saturated rings. The van der Waals surface area contributed by atoms with Crippen LogP contribution in [0.25, 0.3) is 0 Å². The van der Waals surface area contributed by atoms with Crippen molar-refractivity contribution in [3.05, 3.63) is 0 Å². The molecule has 114 valence electrons. The van der Waals surface area contributed by atoms with E-state index < -0.39 is 0 Å². The zero-order chi connectivity index (χ0) is 13.8. The van der Waals surface area contributed by atoms with Gasteiger partial charge < -0.3 is 0 Å². The lowest BCUT2D eigenvalue weighted by Gasteiger charge is -2.22. The summed E-state index contributed by atoms with van der Waals surface area (Å²) in [6.07, 6.45) is 7.00. The van der Waals surface area contributed by atoms with Crippen molar-refractivity contribution in [1.82, 2.24) is 0 Å². The van der Waals surface area contributed by atoms with Crippen molar-refractivity contribution < 1.29 is 0 Å². The average Bonchev–Trinajstić information content (AvgIpc) is 2.34. The largest absolute Gasteiger partial charge is 0.0776 e. The molecule has 0 nitrogen and oxygen atoms in total. The fourth-order valence-electron chi connectivity index (χ4n) is 1.92. The van der Waals surface area contributed by atoms with Gasteiger partial charge in [-0.1, -0.05) is 94.9 Å². The number of hydrogen-bond acceptors (Lipinski definition) is 0. The van der Waals surface area contributed by atoms with Crippen LogP contribution in [0.15, 0.2) is 0 Å². The lowest BCUT2D eigenvalue weighted by Crippen LogP contribution is -2.10. The van der Waals surface area contributed by atoms with E-state index in [2.05, 4.69) is 41.5 Å². The summed E-state index contributed by atoms with van der Waals surface area (Å²) in [5.41, 5.74) is 0. The zero-order valence-electron chi connectivity index (χ0n) is 13.8. The summed E-state index contributed by atoms with van der Waals surface area (Å²) in [5, 5.41) is 0. The first-order chi connectivity index (χ1) is 7.97. The molecule has 0 aliphatic carbocycles. The van der Waals surface area contributed by atoms with Crippen LogP contribution in [0, 0.1) is 23.7 Å². The van der Waals surface area contributed by atoms with Crippen LogP contribution < -0.4 is 0 Å². The summed E-state index contributed by atoms with van der Waals surface area (Å²) in [4.78, 5) is 0. The minimum absolute atomic E-state index is 0. The molecule has 18 heavy (non-hydrogen) atoms. The molecule has 0 saturated heterocycles. The first kappa shape index (κ1) is 23.1. The quantitative estimate of drug-likeness (QED) is 0.432. The molecule has 0 saturated carbocycles. The highest BCUT2D eigenvalue weighted by Gasteiger charge is 2.13. The van der Waals surface area contributed by atoms with E-state index in [4.69, 9.17) is 0 Å². The predicted molar refractivity (Wildman–Crippen MR) is 89.2 cm³/mol. The third-order valence-corrected chi connectivity index (χ3v) is 3.98. The SMILES string of the molecule is C.CC.CCC(C)CCC(C)C(C)CCC(C)C. The van der Waals surface area contributed by atoms with E-state index in [1.807, 2.05) is 13.8 Å². The normalized spacial score (nSPS) is 15.2. The fraction of sp³-hybridized carbons (Fsp3) is 1.00. The Balaban J connectivity index is -0.000000709. The lowest BCUT2D eigenvalue weighted by atomic mass is 9.84. The summed E-state index contributed by atoms with van der Waals surface area (Å²) in [5.74, 6) is 3.62. The Hall–Kier alpha value is 0. The maximum atomic E-state index is 2.44. The number of hydrogen-bond donors (Lipinski definition) is 0.